The number of amides is 2. The van der Waals surface area contributed by atoms with E-state index < -0.39 is 0 Å². The van der Waals surface area contributed by atoms with Gasteiger partial charge in [0.25, 0.3) is 11.8 Å². The second-order valence-electron chi connectivity index (χ2n) is 8.75. The quantitative estimate of drug-likeness (QED) is 0.177. The lowest BCUT2D eigenvalue weighted by Gasteiger charge is -2.10. The molecule has 7 nitrogen and oxygen atoms in total. The van der Waals surface area contributed by atoms with Crippen LogP contribution in [0.3, 0.4) is 0 Å². The van der Waals surface area contributed by atoms with E-state index in [0.717, 1.165) is 33.2 Å². The molecule has 180 valence electrons. The summed E-state index contributed by atoms with van der Waals surface area (Å²) in [5.41, 5.74) is 6.20. The predicted molar refractivity (Wildman–Crippen MR) is 149 cm³/mol. The molecule has 0 saturated heterocycles. The number of carbonyl (C=O) groups is 2. The molecule has 0 fully saturated rings. The van der Waals surface area contributed by atoms with Crippen LogP contribution in [0.1, 0.15) is 20.7 Å². The third-order valence-electron chi connectivity index (χ3n) is 6.21. The van der Waals surface area contributed by atoms with Gasteiger partial charge in [-0.05, 0) is 95.7 Å². The van der Waals surface area contributed by atoms with Crippen molar-refractivity contribution in [3.8, 4) is 0 Å². The first-order valence-corrected chi connectivity index (χ1v) is 11.8. The van der Waals surface area contributed by atoms with E-state index in [-0.39, 0.29) is 11.8 Å². The van der Waals surface area contributed by atoms with E-state index >= 15 is 0 Å². The summed E-state index contributed by atoms with van der Waals surface area (Å²) in [6.07, 6.45) is 3.71. The zero-order valence-electron chi connectivity index (χ0n) is 19.7. The fraction of sp³-hybridized carbons (Fsp3) is 0. The molecule has 6 aromatic rings. The standard InChI is InChI=1S/C30H23N5O2/c36-29(21-3-1-19-13-15-31-27(19)17-21)34-25-9-5-23(6-10-25)33-24-7-11-26(12-8-24)35-30(37)22-4-2-20-14-16-32-28(20)18-22/h1-18,31-33H,(H,34,36)(H,35,37). The summed E-state index contributed by atoms with van der Waals surface area (Å²) in [7, 11) is 0. The number of aromatic nitrogens is 2. The lowest BCUT2D eigenvalue weighted by Crippen LogP contribution is -2.11. The molecule has 0 spiro atoms. The van der Waals surface area contributed by atoms with Gasteiger partial charge in [0.1, 0.15) is 0 Å². The Morgan fingerprint density at radius 1 is 0.486 bits per heavy atom. The number of carbonyl (C=O) groups excluding carboxylic acids is 2. The molecule has 0 radical (unpaired) electrons. The van der Waals surface area contributed by atoms with Crippen molar-refractivity contribution < 1.29 is 9.59 Å². The van der Waals surface area contributed by atoms with Crippen LogP contribution in [0, 0.1) is 0 Å². The summed E-state index contributed by atoms with van der Waals surface area (Å²) in [6.45, 7) is 0. The average molecular weight is 486 g/mol. The van der Waals surface area contributed by atoms with Crippen molar-refractivity contribution in [2.24, 2.45) is 0 Å². The summed E-state index contributed by atoms with van der Waals surface area (Å²) in [5.74, 6) is -0.328. The number of hydrogen-bond acceptors (Lipinski definition) is 3. The van der Waals surface area contributed by atoms with Gasteiger partial charge in [-0.15, -0.1) is 0 Å². The van der Waals surface area contributed by atoms with Crippen molar-refractivity contribution in [1.82, 2.24) is 9.97 Å². The first kappa shape index (κ1) is 22.2. The molecule has 0 saturated carbocycles. The monoisotopic (exact) mass is 485 g/mol. The molecule has 2 aromatic heterocycles. The molecule has 0 aliphatic heterocycles. The van der Waals surface area contributed by atoms with Crippen molar-refractivity contribution in [2.45, 2.75) is 0 Å². The van der Waals surface area contributed by atoms with E-state index in [4.69, 9.17) is 0 Å². The van der Waals surface area contributed by atoms with Gasteiger partial charge in [0.2, 0.25) is 0 Å². The molecule has 0 atom stereocenters. The molecule has 0 unspecified atom stereocenters. The highest BCUT2D eigenvalue weighted by Crippen LogP contribution is 2.22. The molecule has 2 heterocycles. The Labute approximate surface area is 212 Å². The van der Waals surface area contributed by atoms with Crippen LogP contribution >= 0.6 is 0 Å². The predicted octanol–water partition coefficient (Wildman–Crippen LogP) is 6.90. The van der Waals surface area contributed by atoms with Crippen molar-refractivity contribution in [2.75, 3.05) is 16.0 Å². The highest BCUT2D eigenvalue weighted by atomic mass is 16.2. The summed E-state index contributed by atoms with van der Waals surface area (Å²) in [6, 6.07) is 30.1. The van der Waals surface area contributed by atoms with E-state index in [1.54, 1.807) is 0 Å². The number of anilines is 4. The van der Waals surface area contributed by atoms with Crippen molar-refractivity contribution >= 4 is 56.4 Å². The molecule has 37 heavy (non-hydrogen) atoms. The fourth-order valence-electron chi connectivity index (χ4n) is 4.23. The zero-order chi connectivity index (χ0) is 25.2. The lowest BCUT2D eigenvalue weighted by atomic mass is 10.1. The molecule has 7 heteroatoms. The number of hydrogen-bond donors (Lipinski definition) is 5. The number of aromatic amines is 2. The number of rotatable bonds is 6. The summed E-state index contributed by atoms with van der Waals surface area (Å²) >= 11 is 0. The van der Waals surface area contributed by atoms with Crippen LogP contribution in [-0.4, -0.2) is 21.8 Å². The normalized spacial score (nSPS) is 10.9. The van der Waals surface area contributed by atoms with Crippen LogP contribution in [0.2, 0.25) is 0 Å². The van der Waals surface area contributed by atoms with Crippen LogP contribution < -0.4 is 16.0 Å². The Morgan fingerprint density at radius 3 is 1.32 bits per heavy atom. The largest absolute Gasteiger partial charge is 0.361 e. The smallest absolute Gasteiger partial charge is 0.255 e. The van der Waals surface area contributed by atoms with E-state index in [1.807, 2.05) is 109 Å². The second kappa shape index (κ2) is 9.39. The molecular formula is C30H23N5O2. The maximum atomic E-state index is 12.6. The Bertz CT molecular complexity index is 1600. The Balaban J connectivity index is 1.06. The number of fused-ring (bicyclic) bond motifs is 2. The maximum Gasteiger partial charge on any atom is 0.255 e. The number of benzene rings is 4. The highest BCUT2D eigenvalue weighted by molar-refractivity contribution is 6.07. The first-order valence-electron chi connectivity index (χ1n) is 11.8. The van der Waals surface area contributed by atoms with Gasteiger partial charge >= 0.3 is 0 Å². The minimum Gasteiger partial charge on any atom is -0.361 e. The Kier molecular flexibility index (Phi) is 5.63. The fourth-order valence-corrected chi connectivity index (χ4v) is 4.23. The van der Waals surface area contributed by atoms with Gasteiger partial charge < -0.3 is 25.9 Å². The molecule has 0 aliphatic carbocycles. The topological polar surface area (TPSA) is 102 Å². The van der Waals surface area contributed by atoms with Gasteiger partial charge in [0.15, 0.2) is 0 Å². The third-order valence-corrected chi connectivity index (χ3v) is 6.21. The van der Waals surface area contributed by atoms with Crippen LogP contribution in [-0.2, 0) is 0 Å². The van der Waals surface area contributed by atoms with Gasteiger partial charge in [-0.25, -0.2) is 0 Å². The van der Waals surface area contributed by atoms with Gasteiger partial charge in [0, 0.05) is 57.3 Å². The molecular weight excluding hydrogens is 462 g/mol. The molecule has 4 aromatic carbocycles. The summed E-state index contributed by atoms with van der Waals surface area (Å²) in [4.78, 5) is 31.5. The van der Waals surface area contributed by atoms with E-state index in [0.29, 0.717) is 22.5 Å². The van der Waals surface area contributed by atoms with Gasteiger partial charge in [0.05, 0.1) is 0 Å². The van der Waals surface area contributed by atoms with Crippen LogP contribution in [0.4, 0.5) is 22.7 Å². The van der Waals surface area contributed by atoms with Crippen molar-refractivity contribution in [3.05, 3.63) is 121 Å². The minimum absolute atomic E-state index is 0.164. The minimum atomic E-state index is -0.164. The third kappa shape index (κ3) is 4.78. The molecule has 2 amide bonds. The first-order chi connectivity index (χ1) is 18.1. The molecule has 0 aliphatic rings. The summed E-state index contributed by atoms with van der Waals surface area (Å²) in [5, 5.41) is 11.3. The SMILES string of the molecule is O=C(Nc1ccc(Nc2ccc(NC(=O)c3ccc4cc[nH]c4c3)cc2)cc1)c1ccc2cc[nH]c2c1. The molecule has 5 N–H and O–H groups in total. The lowest BCUT2D eigenvalue weighted by molar-refractivity contribution is 0.101. The van der Waals surface area contributed by atoms with E-state index in [9.17, 15) is 9.59 Å². The van der Waals surface area contributed by atoms with Crippen LogP contribution in [0.5, 0.6) is 0 Å². The van der Waals surface area contributed by atoms with E-state index in [1.165, 1.54) is 0 Å². The van der Waals surface area contributed by atoms with Crippen LogP contribution in [0.25, 0.3) is 21.8 Å². The number of nitrogens with one attached hydrogen (secondary N) is 5. The Hall–Kier alpha value is -5.30. The number of H-pyrrole nitrogens is 2. The highest BCUT2D eigenvalue weighted by Gasteiger charge is 2.09. The Morgan fingerprint density at radius 2 is 0.892 bits per heavy atom. The van der Waals surface area contributed by atoms with Crippen LogP contribution in [0.15, 0.2) is 109 Å². The second-order valence-corrected chi connectivity index (χ2v) is 8.75. The van der Waals surface area contributed by atoms with Gasteiger partial charge in [-0.1, -0.05) is 12.1 Å². The average Bonchev–Trinajstić information content (AvgIpc) is 3.59. The van der Waals surface area contributed by atoms with Crippen molar-refractivity contribution in [3.63, 3.8) is 0 Å². The summed E-state index contributed by atoms with van der Waals surface area (Å²) < 4.78 is 0. The molecule has 0 bridgehead atoms. The van der Waals surface area contributed by atoms with E-state index in [2.05, 4.69) is 25.9 Å². The van der Waals surface area contributed by atoms with Crippen molar-refractivity contribution in [1.29, 1.82) is 0 Å². The van der Waals surface area contributed by atoms with Gasteiger partial charge in [-0.2, -0.15) is 0 Å². The maximum absolute atomic E-state index is 12.6. The van der Waals surface area contributed by atoms with Gasteiger partial charge in [-0.3, -0.25) is 9.59 Å². The zero-order valence-corrected chi connectivity index (χ0v) is 19.7. The molecule has 6 rings (SSSR count).